The van der Waals surface area contributed by atoms with Gasteiger partial charge in [-0.1, -0.05) is 0 Å². The van der Waals surface area contributed by atoms with Gasteiger partial charge in [-0.15, -0.1) is 0 Å². The molecule has 0 aliphatic heterocycles. The third-order valence-electron chi connectivity index (χ3n) is 3.52. The van der Waals surface area contributed by atoms with Crippen LogP contribution >= 0.6 is 0 Å². The zero-order chi connectivity index (χ0) is 22.4. The Hall–Kier alpha value is -2.35. The van der Waals surface area contributed by atoms with Crippen molar-refractivity contribution in [3.05, 3.63) is 28.8 Å². The van der Waals surface area contributed by atoms with E-state index in [2.05, 4.69) is 15.6 Å². The van der Waals surface area contributed by atoms with Crippen LogP contribution in [0, 0.1) is 6.92 Å². The van der Waals surface area contributed by atoms with Gasteiger partial charge in [0.05, 0.1) is 17.2 Å². The lowest BCUT2D eigenvalue weighted by Gasteiger charge is -2.13. The minimum absolute atomic E-state index is 0.0193. The van der Waals surface area contributed by atoms with Gasteiger partial charge in [-0.05, 0) is 38.5 Å². The number of benzene rings is 1. The smallest absolute Gasteiger partial charge is 0.266 e. The van der Waals surface area contributed by atoms with Crippen LogP contribution < -0.4 is 10.6 Å². The monoisotopic (exact) mass is 449 g/mol. The van der Waals surface area contributed by atoms with Crippen LogP contribution in [0.25, 0.3) is 0 Å². The van der Waals surface area contributed by atoms with Crippen LogP contribution in [0.2, 0.25) is 0 Å². The van der Waals surface area contributed by atoms with Gasteiger partial charge in [-0.25, -0.2) is 0 Å². The number of hydrogen-bond acceptors (Lipinski definition) is 7. The lowest BCUT2D eigenvalue weighted by molar-refractivity contribution is 0.0954. The van der Waals surface area contributed by atoms with Crippen LogP contribution in [-0.4, -0.2) is 68.1 Å². The molecular formula is C16H23N3O8S2. The minimum atomic E-state index is -4.25. The van der Waals surface area contributed by atoms with Crippen molar-refractivity contribution in [2.24, 2.45) is 4.99 Å². The Bertz CT molecular complexity index is 1030. The summed E-state index contributed by atoms with van der Waals surface area (Å²) in [5, 5.41) is 4.65. The first-order valence-electron chi connectivity index (χ1n) is 8.33. The van der Waals surface area contributed by atoms with Gasteiger partial charge < -0.3 is 10.6 Å². The van der Waals surface area contributed by atoms with E-state index in [0.29, 0.717) is 17.0 Å². The molecule has 0 fully saturated rings. The number of nitrogens with zero attached hydrogens (tertiary/aromatic N) is 1. The Balaban J connectivity index is 3.17. The van der Waals surface area contributed by atoms with Gasteiger partial charge in [0.1, 0.15) is 0 Å². The second-order valence-corrected chi connectivity index (χ2v) is 9.45. The van der Waals surface area contributed by atoms with Crippen molar-refractivity contribution in [1.82, 2.24) is 10.6 Å². The molecule has 0 saturated carbocycles. The predicted molar refractivity (Wildman–Crippen MR) is 107 cm³/mol. The van der Waals surface area contributed by atoms with E-state index in [1.54, 1.807) is 20.8 Å². The van der Waals surface area contributed by atoms with Crippen molar-refractivity contribution in [3.8, 4) is 0 Å². The molecule has 29 heavy (non-hydrogen) atoms. The lowest BCUT2D eigenvalue weighted by Crippen LogP contribution is -2.31. The fourth-order valence-corrected chi connectivity index (χ4v) is 2.93. The number of amides is 2. The Labute approximate surface area is 169 Å². The average Bonchev–Trinajstić information content (AvgIpc) is 2.53. The first-order chi connectivity index (χ1) is 13.2. The molecule has 11 nitrogen and oxygen atoms in total. The van der Waals surface area contributed by atoms with Crippen LogP contribution in [0.15, 0.2) is 17.1 Å². The summed E-state index contributed by atoms with van der Waals surface area (Å²) < 4.78 is 60.5. The third-order valence-corrected chi connectivity index (χ3v) is 4.96. The van der Waals surface area contributed by atoms with Crippen molar-refractivity contribution >= 4 is 43.4 Å². The lowest BCUT2D eigenvalue weighted by atomic mass is 10.0. The summed E-state index contributed by atoms with van der Waals surface area (Å²) in [7, 11) is -8.50. The van der Waals surface area contributed by atoms with E-state index in [1.165, 1.54) is 12.1 Å². The first kappa shape index (κ1) is 24.7. The van der Waals surface area contributed by atoms with Gasteiger partial charge in [0.2, 0.25) is 0 Å². The van der Waals surface area contributed by atoms with Gasteiger partial charge in [0, 0.05) is 29.9 Å². The van der Waals surface area contributed by atoms with E-state index in [4.69, 9.17) is 9.11 Å². The van der Waals surface area contributed by atoms with Crippen LogP contribution in [0.1, 0.15) is 40.1 Å². The van der Waals surface area contributed by atoms with Crippen molar-refractivity contribution in [2.75, 3.05) is 24.6 Å². The first-order valence-corrected chi connectivity index (χ1v) is 11.5. The van der Waals surface area contributed by atoms with E-state index >= 15 is 0 Å². The summed E-state index contributed by atoms with van der Waals surface area (Å²) >= 11 is 0. The van der Waals surface area contributed by atoms with Crippen LogP contribution in [0.4, 0.5) is 5.69 Å². The van der Waals surface area contributed by atoms with Crippen molar-refractivity contribution in [3.63, 3.8) is 0 Å². The third kappa shape index (κ3) is 9.13. The number of carbonyl (C=O) groups is 2. The molecule has 0 aliphatic carbocycles. The van der Waals surface area contributed by atoms with E-state index in [-0.39, 0.29) is 24.2 Å². The molecule has 1 aromatic carbocycles. The summed E-state index contributed by atoms with van der Waals surface area (Å²) in [6.07, 6.45) is 0. The fourth-order valence-electron chi connectivity index (χ4n) is 2.21. The Morgan fingerprint density at radius 1 is 0.931 bits per heavy atom. The zero-order valence-corrected chi connectivity index (χ0v) is 17.7. The topological polar surface area (TPSA) is 179 Å². The second kappa shape index (κ2) is 9.91. The maximum atomic E-state index is 12.4. The largest absolute Gasteiger partial charge is 0.351 e. The molecule has 162 valence electrons. The summed E-state index contributed by atoms with van der Waals surface area (Å²) in [6.45, 7) is 4.34. The van der Waals surface area contributed by atoms with E-state index in [9.17, 15) is 26.4 Å². The molecular weight excluding hydrogens is 426 g/mol. The molecule has 2 amide bonds. The fraction of sp³-hybridized carbons (Fsp3) is 0.438. The Kier molecular flexibility index (Phi) is 8.44. The number of carbonyl (C=O) groups excluding carboxylic acids is 2. The summed E-state index contributed by atoms with van der Waals surface area (Å²) in [4.78, 5) is 29.0. The highest BCUT2D eigenvalue weighted by Gasteiger charge is 2.18. The van der Waals surface area contributed by atoms with Gasteiger partial charge in [0.25, 0.3) is 32.1 Å². The number of nitrogens with one attached hydrogen (secondary N) is 2. The van der Waals surface area contributed by atoms with E-state index in [0.717, 1.165) is 0 Å². The highest BCUT2D eigenvalue weighted by molar-refractivity contribution is 7.86. The summed E-state index contributed by atoms with van der Waals surface area (Å²) in [6, 6.07) is 2.67. The molecule has 0 aliphatic rings. The van der Waals surface area contributed by atoms with Crippen LogP contribution in [0.5, 0.6) is 0 Å². The molecule has 0 atom stereocenters. The summed E-state index contributed by atoms with van der Waals surface area (Å²) in [5.74, 6) is -2.71. The number of rotatable bonds is 9. The van der Waals surface area contributed by atoms with E-state index < -0.39 is 43.6 Å². The standard InChI is InChI=1S/C16H23N3O8S2/c1-10(2)19-14-9-12(15(20)17-4-6-28(22,23)24)8-13(11(14)3)16(21)18-5-7-29(25,26)27/h8-9H,4-7H2,1-3H3,(H,17,20)(H,18,21)(H,22,23,24)(H,25,26,27). The average molecular weight is 450 g/mol. The zero-order valence-electron chi connectivity index (χ0n) is 16.1. The minimum Gasteiger partial charge on any atom is -0.351 e. The van der Waals surface area contributed by atoms with Gasteiger partial charge in [-0.3, -0.25) is 23.7 Å². The molecule has 13 heteroatoms. The molecule has 1 rings (SSSR count). The molecule has 0 unspecified atom stereocenters. The molecule has 0 radical (unpaired) electrons. The molecule has 4 N–H and O–H groups in total. The molecule has 0 bridgehead atoms. The van der Waals surface area contributed by atoms with Crippen molar-refractivity contribution < 1.29 is 35.5 Å². The normalized spacial score (nSPS) is 11.6. The molecule has 0 heterocycles. The van der Waals surface area contributed by atoms with Gasteiger partial charge >= 0.3 is 0 Å². The maximum Gasteiger partial charge on any atom is 0.266 e. The number of aliphatic imine (C=N–C) groups is 1. The maximum absolute atomic E-state index is 12.4. The second-order valence-electron chi connectivity index (χ2n) is 6.31. The highest BCUT2D eigenvalue weighted by Crippen LogP contribution is 2.25. The SMILES string of the molecule is CC(C)=Nc1cc(C(=O)NCCS(=O)(=O)O)cc(C(=O)NCCS(=O)(=O)O)c1C. The van der Waals surface area contributed by atoms with Crippen LogP contribution in [-0.2, 0) is 20.2 Å². The van der Waals surface area contributed by atoms with E-state index in [1.807, 2.05) is 0 Å². The van der Waals surface area contributed by atoms with Crippen LogP contribution in [0.3, 0.4) is 0 Å². The number of hydrogen-bond donors (Lipinski definition) is 4. The van der Waals surface area contributed by atoms with Crippen molar-refractivity contribution in [1.29, 1.82) is 0 Å². The van der Waals surface area contributed by atoms with Crippen molar-refractivity contribution in [2.45, 2.75) is 20.8 Å². The highest BCUT2D eigenvalue weighted by atomic mass is 32.2. The summed E-state index contributed by atoms with van der Waals surface area (Å²) in [5.41, 5.74) is 1.49. The molecule has 1 aromatic rings. The molecule has 0 aromatic heterocycles. The quantitative estimate of drug-likeness (QED) is 0.308. The molecule has 0 spiro atoms. The Morgan fingerprint density at radius 2 is 1.41 bits per heavy atom. The Morgan fingerprint density at radius 3 is 1.86 bits per heavy atom. The predicted octanol–water partition coefficient (Wildman–Crippen LogP) is 0.343. The van der Waals surface area contributed by atoms with Gasteiger partial charge in [0.15, 0.2) is 0 Å². The van der Waals surface area contributed by atoms with Gasteiger partial charge in [-0.2, -0.15) is 16.8 Å². The molecule has 0 saturated heterocycles.